The van der Waals surface area contributed by atoms with Crippen molar-refractivity contribution in [2.24, 2.45) is 11.7 Å². The fourth-order valence-corrected chi connectivity index (χ4v) is 1.74. The van der Waals surface area contributed by atoms with Crippen LogP contribution in [-0.4, -0.2) is 34.1 Å². The minimum atomic E-state index is -4.54. The van der Waals surface area contributed by atoms with E-state index in [1.807, 2.05) is 0 Å². The molecule has 0 aliphatic carbocycles. The van der Waals surface area contributed by atoms with Gasteiger partial charge >= 0.3 is 12.3 Å². The highest BCUT2D eigenvalue weighted by molar-refractivity contribution is 5.67. The minimum Gasteiger partial charge on any atom is -0.396 e. The van der Waals surface area contributed by atoms with Crippen molar-refractivity contribution in [1.82, 2.24) is 4.98 Å². The van der Waals surface area contributed by atoms with Gasteiger partial charge in [0.05, 0.1) is 17.7 Å². The minimum absolute atomic E-state index is 0.0825. The summed E-state index contributed by atoms with van der Waals surface area (Å²) in [5, 5.41) is 18.5. The summed E-state index contributed by atoms with van der Waals surface area (Å²) in [6.07, 6.45) is -8.35. The molecule has 0 saturated heterocycles. The average molecular weight is 308 g/mol. The van der Waals surface area contributed by atoms with E-state index in [2.05, 4.69) is 9.72 Å². The summed E-state index contributed by atoms with van der Waals surface area (Å²) >= 11 is 0. The maximum atomic E-state index is 12.7. The van der Waals surface area contributed by atoms with E-state index >= 15 is 0 Å². The summed E-state index contributed by atoms with van der Waals surface area (Å²) in [5.74, 6) is -2.08. The van der Waals surface area contributed by atoms with Gasteiger partial charge in [0.2, 0.25) is 5.88 Å². The van der Waals surface area contributed by atoms with Gasteiger partial charge in [0, 0.05) is 12.7 Å². The van der Waals surface area contributed by atoms with Crippen LogP contribution in [0.2, 0.25) is 0 Å². The molecule has 1 aromatic heterocycles. The number of pyridine rings is 1. The van der Waals surface area contributed by atoms with Crippen LogP contribution in [0.1, 0.15) is 24.6 Å². The number of alkyl halides is 3. The van der Waals surface area contributed by atoms with Crippen LogP contribution in [0.25, 0.3) is 0 Å². The van der Waals surface area contributed by atoms with Gasteiger partial charge in [-0.25, -0.2) is 9.78 Å². The van der Waals surface area contributed by atoms with Gasteiger partial charge in [-0.1, -0.05) is 6.07 Å². The maximum absolute atomic E-state index is 12.7. The zero-order chi connectivity index (χ0) is 16.0. The largest absolute Gasteiger partial charge is 0.411 e. The number of rotatable bonds is 6. The number of amides is 1. The number of aromatic nitrogens is 1. The van der Waals surface area contributed by atoms with Crippen molar-refractivity contribution in [3.05, 3.63) is 23.9 Å². The van der Waals surface area contributed by atoms with E-state index in [1.165, 1.54) is 18.2 Å². The molecule has 6 nitrogen and oxygen atoms in total. The van der Waals surface area contributed by atoms with Gasteiger partial charge in [-0.3, -0.25) is 0 Å². The molecule has 21 heavy (non-hydrogen) atoms. The van der Waals surface area contributed by atoms with Crippen molar-refractivity contribution in [2.75, 3.05) is 6.61 Å². The Bertz CT molecular complexity index is 482. The second-order valence-electron chi connectivity index (χ2n) is 4.32. The first-order chi connectivity index (χ1) is 9.74. The first-order valence-electron chi connectivity index (χ1n) is 6.04. The number of ether oxygens (including phenoxy) is 1. The van der Waals surface area contributed by atoms with Gasteiger partial charge < -0.3 is 20.7 Å². The zero-order valence-corrected chi connectivity index (χ0v) is 10.9. The number of carbonyl (C=O) groups is 1. The summed E-state index contributed by atoms with van der Waals surface area (Å²) in [6.45, 7) is -0.644. The molecule has 0 saturated carbocycles. The molecule has 0 radical (unpaired) electrons. The second-order valence-corrected chi connectivity index (χ2v) is 4.32. The van der Waals surface area contributed by atoms with Crippen molar-refractivity contribution < 1.29 is 32.9 Å². The number of aliphatic hydroxyl groups is 2. The molecule has 0 aliphatic heterocycles. The highest BCUT2D eigenvalue weighted by atomic mass is 19.4. The van der Waals surface area contributed by atoms with Crippen molar-refractivity contribution in [1.29, 1.82) is 0 Å². The summed E-state index contributed by atoms with van der Waals surface area (Å²) < 4.78 is 42.6. The highest BCUT2D eigenvalue weighted by Gasteiger charge is 2.40. The van der Waals surface area contributed by atoms with E-state index in [9.17, 15) is 23.1 Å². The number of carbonyl (C=O) groups excluding carboxylic acids is 1. The number of halogens is 3. The first-order valence-corrected chi connectivity index (χ1v) is 6.04. The maximum Gasteiger partial charge on any atom is 0.411 e. The fourth-order valence-electron chi connectivity index (χ4n) is 1.74. The van der Waals surface area contributed by atoms with E-state index < -0.39 is 43.7 Å². The Hall–Kier alpha value is -1.87. The molecule has 0 aliphatic rings. The van der Waals surface area contributed by atoms with E-state index in [1.54, 1.807) is 0 Å². The summed E-state index contributed by atoms with van der Waals surface area (Å²) in [7, 11) is 0. The van der Waals surface area contributed by atoms with Gasteiger partial charge in [-0.15, -0.1) is 0 Å². The lowest BCUT2D eigenvalue weighted by Gasteiger charge is -2.22. The molecule has 4 N–H and O–H groups in total. The SMILES string of the molecule is NC(=O)Oc1cccc(C(O)CC(CCO)C(F)(F)F)n1. The Morgan fingerprint density at radius 3 is 2.62 bits per heavy atom. The third-order valence-corrected chi connectivity index (χ3v) is 2.74. The molecule has 2 unspecified atom stereocenters. The van der Waals surface area contributed by atoms with Crippen molar-refractivity contribution in [3.8, 4) is 5.88 Å². The van der Waals surface area contributed by atoms with Crippen LogP contribution in [0.3, 0.4) is 0 Å². The molecule has 1 rings (SSSR count). The van der Waals surface area contributed by atoms with Crippen molar-refractivity contribution >= 4 is 6.09 Å². The van der Waals surface area contributed by atoms with Gasteiger partial charge in [0.25, 0.3) is 0 Å². The second kappa shape index (κ2) is 7.23. The monoisotopic (exact) mass is 308 g/mol. The Kier molecular flexibility index (Phi) is 5.91. The molecular weight excluding hydrogens is 293 g/mol. The van der Waals surface area contributed by atoms with Crippen LogP contribution in [0.15, 0.2) is 18.2 Å². The quantitative estimate of drug-likeness (QED) is 0.739. The Balaban J connectivity index is 2.82. The number of nitrogens with two attached hydrogens (primary N) is 1. The predicted molar refractivity (Wildman–Crippen MR) is 65.3 cm³/mol. The third kappa shape index (κ3) is 5.56. The molecule has 0 fully saturated rings. The number of aliphatic hydroxyl groups excluding tert-OH is 2. The Morgan fingerprint density at radius 1 is 1.43 bits per heavy atom. The van der Waals surface area contributed by atoms with Gasteiger partial charge in [-0.05, 0) is 18.9 Å². The van der Waals surface area contributed by atoms with Crippen LogP contribution in [-0.2, 0) is 0 Å². The molecule has 0 bridgehead atoms. The molecule has 0 spiro atoms. The lowest BCUT2D eigenvalue weighted by molar-refractivity contribution is -0.186. The summed E-state index contributed by atoms with van der Waals surface area (Å²) in [6, 6.07) is 3.93. The van der Waals surface area contributed by atoms with Gasteiger partial charge in [0.1, 0.15) is 0 Å². The number of primary amides is 1. The van der Waals surface area contributed by atoms with Crippen LogP contribution < -0.4 is 10.5 Å². The fraction of sp³-hybridized carbons (Fsp3) is 0.500. The standard InChI is InChI=1S/C12H15F3N2O4/c13-12(14,15)7(4-5-18)6-9(19)8-2-1-3-10(17-8)21-11(16)20/h1-3,7,9,18-19H,4-6H2,(H2,16,20). The topological polar surface area (TPSA) is 106 Å². The third-order valence-electron chi connectivity index (χ3n) is 2.74. The van der Waals surface area contributed by atoms with E-state index in [4.69, 9.17) is 10.8 Å². The first kappa shape index (κ1) is 17.2. The lowest BCUT2D eigenvalue weighted by atomic mass is 9.96. The molecule has 1 heterocycles. The van der Waals surface area contributed by atoms with Crippen molar-refractivity contribution in [3.63, 3.8) is 0 Å². The Morgan fingerprint density at radius 2 is 2.10 bits per heavy atom. The molecular formula is C12H15F3N2O4. The highest BCUT2D eigenvalue weighted by Crippen LogP contribution is 2.35. The van der Waals surface area contributed by atoms with Crippen molar-refractivity contribution in [2.45, 2.75) is 25.1 Å². The predicted octanol–water partition coefficient (Wildman–Crippen LogP) is 1.52. The zero-order valence-electron chi connectivity index (χ0n) is 10.9. The van der Waals surface area contributed by atoms with Crippen LogP contribution in [0, 0.1) is 5.92 Å². The number of hydrogen-bond acceptors (Lipinski definition) is 5. The smallest absolute Gasteiger partial charge is 0.396 e. The van der Waals surface area contributed by atoms with E-state index in [0.29, 0.717) is 0 Å². The molecule has 1 aromatic rings. The molecule has 9 heteroatoms. The normalized spacial score (nSPS) is 14.5. The molecule has 1 amide bonds. The number of nitrogens with zero attached hydrogens (tertiary/aromatic N) is 1. The molecule has 2 atom stereocenters. The summed E-state index contributed by atoms with van der Waals surface area (Å²) in [4.78, 5) is 14.3. The van der Waals surface area contributed by atoms with Crippen LogP contribution in [0.4, 0.5) is 18.0 Å². The van der Waals surface area contributed by atoms with E-state index in [-0.39, 0.29) is 11.6 Å². The van der Waals surface area contributed by atoms with Crippen LogP contribution in [0.5, 0.6) is 5.88 Å². The van der Waals surface area contributed by atoms with Crippen LogP contribution >= 0.6 is 0 Å². The van der Waals surface area contributed by atoms with Gasteiger partial charge in [0.15, 0.2) is 0 Å². The average Bonchev–Trinajstić information content (AvgIpc) is 2.36. The lowest BCUT2D eigenvalue weighted by Crippen LogP contribution is -2.26. The molecule has 118 valence electrons. The van der Waals surface area contributed by atoms with E-state index in [0.717, 1.165) is 0 Å². The number of hydrogen-bond donors (Lipinski definition) is 3. The summed E-state index contributed by atoms with van der Waals surface area (Å²) in [5.41, 5.74) is 4.71. The Labute approximate surface area is 118 Å². The van der Waals surface area contributed by atoms with Gasteiger partial charge in [-0.2, -0.15) is 13.2 Å². The molecule has 0 aromatic carbocycles.